The van der Waals surface area contributed by atoms with Crippen LogP contribution in [0.1, 0.15) is 74.1 Å². The number of aromatic nitrogens is 1. The maximum Gasteiger partial charge on any atom is 0.244 e. The fraction of sp³-hybridized carbons (Fsp3) is 0.588. The van der Waals surface area contributed by atoms with Crippen LogP contribution in [0.4, 0.5) is 0 Å². The van der Waals surface area contributed by atoms with E-state index in [9.17, 15) is 20.1 Å². The second kappa shape index (κ2) is 11.9. The Balaban J connectivity index is 1.73. The van der Waals surface area contributed by atoms with Gasteiger partial charge in [-0.15, -0.1) is 0 Å². The standard InChI is InChI=1S/C34H45NO6S/c1-17-11-12-24-21(5)28(36)22(6)31(40-24)26-27-32(23(7)29(37)30(26)38)41-34(39,20(4)16-19(3)15-18(2)14-17)33(27)42-25-10-8-9-13-35-25/h8-10,13-14,17,19-22,24,28,31,36,38-39H,11-12,15-16H2,1-7H3/b18-14+/t17-,19+,20-,21-,22+,24+,28-,31+,34-/m0/s1. The molecule has 0 spiro atoms. The molecule has 42 heavy (non-hydrogen) atoms. The summed E-state index contributed by atoms with van der Waals surface area (Å²) in [6.07, 6.45) is 5.46. The highest BCUT2D eigenvalue weighted by Crippen LogP contribution is 2.56. The van der Waals surface area contributed by atoms with Gasteiger partial charge in [0.25, 0.3) is 0 Å². The number of fused-ring (bicyclic) bond motifs is 4. The molecule has 4 aliphatic rings. The van der Waals surface area contributed by atoms with E-state index in [-0.39, 0.29) is 40.8 Å². The number of ether oxygens (including phenoxy) is 2. The van der Waals surface area contributed by atoms with E-state index in [4.69, 9.17) is 9.47 Å². The van der Waals surface area contributed by atoms with Gasteiger partial charge in [-0.25, -0.2) is 4.98 Å². The molecular weight excluding hydrogens is 550 g/mol. The van der Waals surface area contributed by atoms with Crippen LogP contribution < -0.4 is 0 Å². The van der Waals surface area contributed by atoms with Gasteiger partial charge in [0, 0.05) is 40.7 Å². The minimum Gasteiger partial charge on any atom is -0.504 e. The molecule has 9 atom stereocenters. The van der Waals surface area contributed by atoms with Crippen LogP contribution >= 0.6 is 11.8 Å². The number of nitrogens with zero attached hydrogens (tertiary/aromatic N) is 1. The molecule has 1 aliphatic carbocycles. The second-order valence-electron chi connectivity index (χ2n) is 13.1. The number of hydrogen-bond acceptors (Lipinski definition) is 8. The number of thioether (sulfide) groups is 1. The van der Waals surface area contributed by atoms with E-state index in [1.807, 2.05) is 39.0 Å². The minimum absolute atomic E-state index is 0.126. The van der Waals surface area contributed by atoms with Crippen molar-refractivity contribution in [2.75, 3.05) is 0 Å². The molecule has 8 heteroatoms. The van der Waals surface area contributed by atoms with Crippen molar-refractivity contribution < 1.29 is 29.6 Å². The summed E-state index contributed by atoms with van der Waals surface area (Å²) in [5, 5.41) is 36.1. The molecule has 3 aliphatic heterocycles. The minimum atomic E-state index is -1.76. The third-order valence-electron chi connectivity index (χ3n) is 9.62. The smallest absolute Gasteiger partial charge is 0.244 e. The lowest BCUT2D eigenvalue weighted by Gasteiger charge is -2.44. The van der Waals surface area contributed by atoms with Crippen molar-refractivity contribution in [1.29, 1.82) is 0 Å². The van der Waals surface area contributed by atoms with E-state index in [0.29, 0.717) is 27.8 Å². The first kappa shape index (κ1) is 31.0. The fourth-order valence-electron chi connectivity index (χ4n) is 7.24. The zero-order valence-corrected chi connectivity index (χ0v) is 26.6. The molecule has 1 aromatic heterocycles. The number of aliphatic hydroxyl groups is 3. The lowest BCUT2D eigenvalue weighted by Crippen LogP contribution is -2.50. The third-order valence-corrected chi connectivity index (χ3v) is 10.8. The fourth-order valence-corrected chi connectivity index (χ4v) is 8.40. The van der Waals surface area contributed by atoms with E-state index < -0.39 is 35.5 Å². The van der Waals surface area contributed by atoms with Crippen molar-refractivity contribution in [3.63, 3.8) is 0 Å². The van der Waals surface area contributed by atoms with E-state index in [0.717, 1.165) is 19.3 Å². The zero-order chi connectivity index (χ0) is 30.5. The van der Waals surface area contributed by atoms with Crippen LogP contribution in [0.2, 0.25) is 0 Å². The number of pyridine rings is 1. The predicted octanol–water partition coefficient (Wildman–Crippen LogP) is 6.64. The topological polar surface area (TPSA) is 109 Å². The SMILES string of the molecule is CC1=C2O[C@]3(O)C(Sc4ccccn4)=C2C(=C(O)C1=O)[C@@H]1O[C@H](CC[C@H](C)/C=C(\C)C[C@@H](C)C[C@@H]3C)[C@H](C)[C@H](O)[C@H]1C. The molecule has 7 nitrogen and oxygen atoms in total. The lowest BCUT2D eigenvalue weighted by atomic mass is 9.75. The molecule has 1 fully saturated rings. The number of aliphatic hydroxyl groups excluding tert-OH is 2. The van der Waals surface area contributed by atoms with Crippen LogP contribution in [0.15, 0.2) is 74.2 Å². The summed E-state index contributed by atoms with van der Waals surface area (Å²) in [5.41, 5.74) is 2.32. The Kier molecular flexibility index (Phi) is 8.83. The summed E-state index contributed by atoms with van der Waals surface area (Å²) in [6, 6.07) is 5.57. The molecule has 0 saturated carbocycles. The van der Waals surface area contributed by atoms with E-state index in [2.05, 4.69) is 31.8 Å². The molecule has 1 aromatic rings. The van der Waals surface area contributed by atoms with Gasteiger partial charge < -0.3 is 24.8 Å². The van der Waals surface area contributed by atoms with Gasteiger partial charge in [-0.2, -0.15) is 0 Å². The van der Waals surface area contributed by atoms with Gasteiger partial charge in [0.15, 0.2) is 5.76 Å². The third kappa shape index (κ3) is 5.51. The first-order valence-electron chi connectivity index (χ1n) is 15.3. The first-order chi connectivity index (χ1) is 19.8. The molecule has 0 aromatic carbocycles. The van der Waals surface area contributed by atoms with Crippen LogP contribution in [0.25, 0.3) is 0 Å². The van der Waals surface area contributed by atoms with Crippen molar-refractivity contribution >= 4 is 17.5 Å². The Hall–Kier alpha value is -2.39. The van der Waals surface area contributed by atoms with Crippen LogP contribution in [0.3, 0.4) is 0 Å². The second-order valence-corrected chi connectivity index (χ2v) is 14.2. The molecule has 3 N–H and O–H groups in total. The van der Waals surface area contributed by atoms with E-state index in [1.165, 1.54) is 17.3 Å². The predicted molar refractivity (Wildman–Crippen MR) is 163 cm³/mol. The summed E-state index contributed by atoms with van der Waals surface area (Å²) < 4.78 is 13.2. The maximum absolute atomic E-state index is 13.5. The van der Waals surface area contributed by atoms with Crippen molar-refractivity contribution in [1.82, 2.24) is 4.98 Å². The highest BCUT2D eigenvalue weighted by atomic mass is 32.2. The van der Waals surface area contributed by atoms with Gasteiger partial charge in [0.2, 0.25) is 11.6 Å². The molecular formula is C34H45NO6S. The number of rotatable bonds is 2. The Morgan fingerprint density at radius 1 is 1.07 bits per heavy atom. The van der Waals surface area contributed by atoms with E-state index in [1.54, 1.807) is 13.1 Å². The molecule has 1 saturated heterocycles. The Morgan fingerprint density at radius 3 is 2.50 bits per heavy atom. The van der Waals surface area contributed by atoms with Crippen LogP contribution in [-0.2, 0) is 14.3 Å². The normalized spacial score (nSPS) is 39.3. The van der Waals surface area contributed by atoms with Gasteiger partial charge >= 0.3 is 0 Å². The average molecular weight is 596 g/mol. The first-order valence-corrected chi connectivity index (χ1v) is 16.1. The van der Waals surface area contributed by atoms with Crippen LogP contribution in [0, 0.1) is 29.6 Å². The van der Waals surface area contributed by atoms with E-state index >= 15 is 0 Å². The Morgan fingerprint density at radius 2 is 1.81 bits per heavy atom. The van der Waals surface area contributed by atoms with Gasteiger partial charge in [0.05, 0.1) is 23.2 Å². The molecule has 228 valence electrons. The average Bonchev–Trinajstić information content (AvgIpc) is 3.24. The van der Waals surface area contributed by atoms with Crippen LogP contribution in [0.5, 0.6) is 0 Å². The largest absolute Gasteiger partial charge is 0.504 e. The summed E-state index contributed by atoms with van der Waals surface area (Å²) >= 11 is 1.28. The number of allylic oxidation sites excluding steroid dienone is 4. The number of hydrogen-bond donors (Lipinski definition) is 3. The zero-order valence-electron chi connectivity index (χ0n) is 25.8. The van der Waals surface area contributed by atoms with Crippen molar-refractivity contribution in [2.24, 2.45) is 29.6 Å². The summed E-state index contributed by atoms with van der Waals surface area (Å²) in [6.45, 7) is 14.1. The molecule has 4 heterocycles. The van der Waals surface area contributed by atoms with Gasteiger partial charge in [-0.05, 0) is 63.5 Å². The number of carbonyl (C=O) groups excluding carboxylic acids is 1. The highest BCUT2D eigenvalue weighted by Gasteiger charge is 2.55. The molecule has 5 rings (SSSR count). The lowest BCUT2D eigenvalue weighted by molar-refractivity contribution is -0.167. The highest BCUT2D eigenvalue weighted by molar-refractivity contribution is 8.03. The van der Waals surface area contributed by atoms with Gasteiger partial charge in [-0.3, -0.25) is 4.79 Å². The summed E-state index contributed by atoms with van der Waals surface area (Å²) in [7, 11) is 0. The molecule has 4 bridgehead atoms. The number of Topliss-reactive ketones (excluding diaryl/α,β-unsaturated/α-hetero) is 1. The summed E-state index contributed by atoms with van der Waals surface area (Å²) in [5.74, 6) is -2.74. The van der Waals surface area contributed by atoms with Gasteiger partial charge in [-0.1, -0.05) is 64.1 Å². The maximum atomic E-state index is 13.5. The van der Waals surface area contributed by atoms with Crippen LogP contribution in [-0.4, -0.2) is 50.2 Å². The Bertz CT molecular complexity index is 1350. The molecule has 0 amide bonds. The summed E-state index contributed by atoms with van der Waals surface area (Å²) in [4.78, 5) is 18.5. The molecule has 0 radical (unpaired) electrons. The van der Waals surface area contributed by atoms with Crippen molar-refractivity contribution in [3.8, 4) is 0 Å². The van der Waals surface area contributed by atoms with Gasteiger partial charge in [0.1, 0.15) is 10.8 Å². The Labute approximate surface area is 253 Å². The number of ketones is 1. The van der Waals surface area contributed by atoms with Crippen molar-refractivity contribution in [2.45, 2.75) is 103 Å². The number of carbonyl (C=O) groups is 1. The quantitative estimate of drug-likeness (QED) is 0.326. The monoisotopic (exact) mass is 595 g/mol. The molecule has 0 unspecified atom stereocenters. The van der Waals surface area contributed by atoms with Crippen molar-refractivity contribution in [3.05, 3.63) is 69.2 Å².